The molecule has 1 fully saturated rings. The van der Waals surface area contributed by atoms with E-state index < -0.39 is 0 Å². The van der Waals surface area contributed by atoms with Gasteiger partial charge >= 0.3 is 5.69 Å². The number of aromatic amines is 2. The summed E-state index contributed by atoms with van der Waals surface area (Å²) in [5.41, 5.74) is 2.75. The lowest BCUT2D eigenvalue weighted by molar-refractivity contribution is 0.0709. The van der Waals surface area contributed by atoms with Gasteiger partial charge in [-0.1, -0.05) is 18.2 Å². The minimum absolute atomic E-state index is 0.0136. The Morgan fingerprint density at radius 3 is 2.41 bits per heavy atom. The van der Waals surface area contributed by atoms with Crippen LogP contribution in [0.15, 0.2) is 35.1 Å². The van der Waals surface area contributed by atoms with E-state index >= 15 is 0 Å². The van der Waals surface area contributed by atoms with Crippen LogP contribution >= 0.6 is 0 Å². The van der Waals surface area contributed by atoms with Gasteiger partial charge in [0, 0.05) is 24.7 Å². The van der Waals surface area contributed by atoms with Gasteiger partial charge in [0.05, 0.1) is 16.9 Å². The summed E-state index contributed by atoms with van der Waals surface area (Å²) in [6, 6.07) is 9.50. The van der Waals surface area contributed by atoms with Crippen molar-refractivity contribution in [3.05, 3.63) is 63.6 Å². The lowest BCUT2D eigenvalue weighted by Gasteiger charge is -2.31. The molecule has 0 unspecified atom stereocenters. The van der Waals surface area contributed by atoms with Crippen LogP contribution in [0.2, 0.25) is 0 Å². The molecule has 2 aromatic heterocycles. The van der Waals surface area contributed by atoms with Crippen LogP contribution in [0.5, 0.6) is 0 Å². The number of aromatic nitrogens is 5. The zero-order chi connectivity index (χ0) is 19.0. The Balaban J connectivity index is 1.53. The van der Waals surface area contributed by atoms with Crippen LogP contribution in [0, 0.1) is 13.8 Å². The molecule has 2 N–H and O–H groups in total. The van der Waals surface area contributed by atoms with E-state index in [-0.39, 0.29) is 17.5 Å². The molecule has 0 atom stereocenters. The van der Waals surface area contributed by atoms with Crippen molar-refractivity contribution in [1.29, 1.82) is 0 Å². The maximum atomic E-state index is 12.8. The first-order chi connectivity index (χ1) is 13.1. The highest BCUT2D eigenvalue weighted by Crippen LogP contribution is 2.28. The molecule has 1 aliphatic rings. The smallest absolute Gasteiger partial charge is 0.338 e. The minimum atomic E-state index is -0.237. The zero-order valence-electron chi connectivity index (χ0n) is 15.4. The van der Waals surface area contributed by atoms with Gasteiger partial charge in [-0.15, -0.1) is 0 Å². The van der Waals surface area contributed by atoms with Gasteiger partial charge in [0.1, 0.15) is 5.82 Å². The second kappa shape index (κ2) is 6.86. The Bertz CT molecular complexity index is 989. The highest BCUT2D eigenvalue weighted by Gasteiger charge is 2.30. The SMILES string of the molecule is Cc1n[nH]c(C)c1C(=O)N1CCC(c2n[nH]c(=O)n2-c2ccccc2)CC1. The quantitative estimate of drug-likeness (QED) is 0.740. The van der Waals surface area contributed by atoms with E-state index in [1.165, 1.54) is 0 Å². The minimum Gasteiger partial charge on any atom is -0.338 e. The molecule has 0 bridgehead atoms. The Morgan fingerprint density at radius 1 is 1.07 bits per heavy atom. The summed E-state index contributed by atoms with van der Waals surface area (Å²) in [6.07, 6.45) is 1.53. The van der Waals surface area contributed by atoms with E-state index in [0.717, 1.165) is 35.7 Å². The van der Waals surface area contributed by atoms with E-state index in [0.29, 0.717) is 18.7 Å². The van der Waals surface area contributed by atoms with Crippen LogP contribution < -0.4 is 5.69 Å². The first-order valence-electron chi connectivity index (χ1n) is 9.10. The summed E-state index contributed by atoms with van der Waals surface area (Å²) >= 11 is 0. The van der Waals surface area contributed by atoms with Crippen molar-refractivity contribution >= 4 is 5.91 Å². The van der Waals surface area contributed by atoms with Crippen LogP contribution in [0.25, 0.3) is 5.69 Å². The fourth-order valence-corrected chi connectivity index (χ4v) is 3.77. The van der Waals surface area contributed by atoms with E-state index in [2.05, 4.69) is 20.4 Å². The first-order valence-corrected chi connectivity index (χ1v) is 9.10. The van der Waals surface area contributed by atoms with E-state index in [9.17, 15) is 9.59 Å². The van der Waals surface area contributed by atoms with Gasteiger partial charge < -0.3 is 4.90 Å². The average Bonchev–Trinajstić information content (AvgIpc) is 3.24. The summed E-state index contributed by atoms with van der Waals surface area (Å²) in [4.78, 5) is 26.9. The molecule has 140 valence electrons. The standard InChI is InChI=1S/C19H22N6O2/c1-12-16(13(2)21-20-12)18(26)24-10-8-14(9-11-24)17-22-23-19(27)25(17)15-6-4-3-5-7-15/h3-7,14H,8-11H2,1-2H3,(H,20,21)(H,23,27). The molecule has 27 heavy (non-hydrogen) atoms. The maximum Gasteiger partial charge on any atom is 0.347 e. The molecular formula is C19H22N6O2. The number of carbonyl (C=O) groups is 1. The molecule has 0 radical (unpaired) electrons. The number of carbonyl (C=O) groups excluding carboxylic acids is 1. The molecule has 0 spiro atoms. The molecule has 1 amide bonds. The lowest BCUT2D eigenvalue weighted by atomic mass is 9.95. The third-order valence-electron chi connectivity index (χ3n) is 5.20. The van der Waals surface area contributed by atoms with Crippen molar-refractivity contribution in [2.45, 2.75) is 32.6 Å². The van der Waals surface area contributed by atoms with Crippen molar-refractivity contribution in [3.8, 4) is 5.69 Å². The molecule has 4 rings (SSSR count). The number of aryl methyl sites for hydroxylation is 2. The van der Waals surface area contributed by atoms with Gasteiger partial charge in [-0.25, -0.2) is 14.5 Å². The van der Waals surface area contributed by atoms with E-state index in [1.807, 2.05) is 49.1 Å². The maximum absolute atomic E-state index is 12.8. The van der Waals surface area contributed by atoms with Gasteiger partial charge in [0.25, 0.3) is 5.91 Å². The average molecular weight is 366 g/mol. The van der Waals surface area contributed by atoms with Gasteiger partial charge in [-0.3, -0.25) is 9.89 Å². The van der Waals surface area contributed by atoms with Gasteiger partial charge in [-0.05, 0) is 38.8 Å². The van der Waals surface area contributed by atoms with Crippen molar-refractivity contribution in [2.24, 2.45) is 0 Å². The molecule has 3 heterocycles. The van der Waals surface area contributed by atoms with Crippen LogP contribution in [0.1, 0.15) is 46.3 Å². The predicted molar refractivity (Wildman–Crippen MR) is 100 cm³/mol. The zero-order valence-corrected chi connectivity index (χ0v) is 15.4. The topological polar surface area (TPSA) is 99.7 Å². The first kappa shape index (κ1) is 17.3. The second-order valence-electron chi connectivity index (χ2n) is 6.93. The molecule has 1 aromatic carbocycles. The monoisotopic (exact) mass is 366 g/mol. The molecule has 8 nitrogen and oxygen atoms in total. The Morgan fingerprint density at radius 2 is 1.78 bits per heavy atom. The van der Waals surface area contributed by atoms with Gasteiger partial charge in [0.2, 0.25) is 0 Å². The molecule has 8 heteroatoms. The van der Waals surface area contributed by atoms with Crippen molar-refractivity contribution in [1.82, 2.24) is 29.9 Å². The summed E-state index contributed by atoms with van der Waals surface area (Å²) in [5, 5.41) is 13.8. The van der Waals surface area contributed by atoms with Crippen molar-refractivity contribution < 1.29 is 4.79 Å². The number of hydrogen-bond acceptors (Lipinski definition) is 4. The largest absolute Gasteiger partial charge is 0.347 e. The molecule has 0 aliphatic carbocycles. The van der Waals surface area contributed by atoms with E-state index in [1.54, 1.807) is 4.57 Å². The summed E-state index contributed by atoms with van der Waals surface area (Å²) in [5.74, 6) is 0.869. The van der Waals surface area contributed by atoms with Crippen molar-refractivity contribution in [2.75, 3.05) is 13.1 Å². The molecule has 3 aromatic rings. The van der Waals surface area contributed by atoms with Crippen LogP contribution in [-0.4, -0.2) is 48.9 Å². The molecule has 1 saturated heterocycles. The summed E-state index contributed by atoms with van der Waals surface area (Å²) < 4.78 is 1.63. The van der Waals surface area contributed by atoms with Gasteiger partial charge in [0.15, 0.2) is 0 Å². The second-order valence-corrected chi connectivity index (χ2v) is 6.93. The predicted octanol–water partition coefficient (Wildman–Crippen LogP) is 1.92. The van der Waals surface area contributed by atoms with Gasteiger partial charge in [-0.2, -0.15) is 10.2 Å². The Kier molecular flexibility index (Phi) is 4.39. The number of hydrogen-bond donors (Lipinski definition) is 2. The lowest BCUT2D eigenvalue weighted by Crippen LogP contribution is -2.39. The molecule has 1 aliphatic heterocycles. The van der Waals surface area contributed by atoms with Crippen molar-refractivity contribution in [3.63, 3.8) is 0 Å². The molecule has 0 saturated carbocycles. The van der Waals surface area contributed by atoms with Crippen LogP contribution in [0.4, 0.5) is 0 Å². The number of para-hydroxylation sites is 1. The number of nitrogens with one attached hydrogen (secondary N) is 2. The fraction of sp³-hybridized carbons (Fsp3) is 0.368. The summed E-state index contributed by atoms with van der Waals surface area (Å²) in [7, 11) is 0. The third kappa shape index (κ3) is 3.07. The summed E-state index contributed by atoms with van der Waals surface area (Å²) in [6.45, 7) is 4.96. The number of amides is 1. The number of rotatable bonds is 3. The number of likely N-dealkylation sites (tertiary alicyclic amines) is 1. The van der Waals surface area contributed by atoms with Crippen LogP contribution in [0.3, 0.4) is 0 Å². The normalized spacial score (nSPS) is 15.3. The van der Waals surface area contributed by atoms with Crippen LogP contribution in [-0.2, 0) is 0 Å². The number of nitrogens with zero attached hydrogens (tertiary/aromatic N) is 4. The molecular weight excluding hydrogens is 344 g/mol. The number of benzene rings is 1. The highest BCUT2D eigenvalue weighted by molar-refractivity contribution is 5.96. The fourth-order valence-electron chi connectivity index (χ4n) is 3.77. The van der Waals surface area contributed by atoms with E-state index in [4.69, 9.17) is 0 Å². The Hall–Kier alpha value is -3.16. The third-order valence-corrected chi connectivity index (χ3v) is 5.20. The Labute approximate surface area is 156 Å². The number of H-pyrrole nitrogens is 2. The highest BCUT2D eigenvalue weighted by atomic mass is 16.2. The number of piperidine rings is 1.